The standard InChI is InChI=1S/C30H27ClN6/c1-15-12-17(3)32-28-22(15)8-10-25(36-28)27-18(4)24-7-6-20(34-30(24)33-19(27)5)14-21-13-16(2)23-9-11-26(31)37-29(23)35-21/h6-13,27,30H,14H2,1-5H3. The lowest BCUT2D eigenvalue weighted by Crippen LogP contribution is -2.26. The van der Waals surface area contributed by atoms with Crippen LogP contribution in [-0.4, -0.2) is 37.5 Å². The summed E-state index contributed by atoms with van der Waals surface area (Å²) in [6.45, 7) is 10.4. The molecule has 37 heavy (non-hydrogen) atoms. The topological polar surface area (TPSA) is 76.3 Å². The maximum atomic E-state index is 6.10. The lowest BCUT2D eigenvalue weighted by Gasteiger charge is -2.29. The number of aromatic nitrogens is 4. The SMILES string of the molecule is CC1=NC2N=C(Cc3cc(C)c4ccc(Cl)nc4n3)C=CC2=C(C)C1c1ccc2c(C)cc(C)nc2n1. The third-order valence-electron chi connectivity index (χ3n) is 7.24. The molecule has 2 atom stereocenters. The molecular formula is C30H27ClN6. The maximum Gasteiger partial charge on any atom is 0.165 e. The van der Waals surface area contributed by atoms with E-state index in [9.17, 15) is 0 Å². The predicted octanol–water partition coefficient (Wildman–Crippen LogP) is 6.61. The fourth-order valence-corrected chi connectivity index (χ4v) is 5.60. The summed E-state index contributed by atoms with van der Waals surface area (Å²) in [6, 6.07) is 12.2. The average Bonchev–Trinajstić information content (AvgIpc) is 2.83. The monoisotopic (exact) mass is 506 g/mol. The number of allylic oxidation sites excluding steroid dienone is 2. The number of halogens is 1. The zero-order valence-corrected chi connectivity index (χ0v) is 22.3. The number of fused-ring (bicyclic) bond motifs is 3. The summed E-state index contributed by atoms with van der Waals surface area (Å²) in [5, 5.41) is 2.54. The van der Waals surface area contributed by atoms with Gasteiger partial charge in [0, 0.05) is 40.0 Å². The highest BCUT2D eigenvalue weighted by molar-refractivity contribution is 6.29. The van der Waals surface area contributed by atoms with Crippen LogP contribution < -0.4 is 0 Å². The van der Waals surface area contributed by atoms with Gasteiger partial charge in [0.25, 0.3) is 0 Å². The first-order valence-electron chi connectivity index (χ1n) is 12.4. The first-order chi connectivity index (χ1) is 17.8. The maximum absolute atomic E-state index is 6.10. The molecule has 0 amide bonds. The van der Waals surface area contributed by atoms with Gasteiger partial charge in [-0.3, -0.25) is 9.98 Å². The lowest BCUT2D eigenvalue weighted by molar-refractivity contribution is 0.764. The van der Waals surface area contributed by atoms with E-state index in [0.29, 0.717) is 17.2 Å². The Morgan fingerprint density at radius 1 is 0.757 bits per heavy atom. The molecule has 7 heteroatoms. The number of nitrogens with zero attached hydrogens (tertiary/aromatic N) is 6. The van der Waals surface area contributed by atoms with Crippen molar-refractivity contribution in [2.75, 3.05) is 0 Å². The van der Waals surface area contributed by atoms with Crippen molar-refractivity contribution in [3.63, 3.8) is 0 Å². The van der Waals surface area contributed by atoms with Crippen molar-refractivity contribution >= 4 is 45.1 Å². The quantitative estimate of drug-likeness (QED) is 0.293. The Morgan fingerprint density at radius 2 is 1.49 bits per heavy atom. The summed E-state index contributed by atoms with van der Waals surface area (Å²) in [7, 11) is 0. The van der Waals surface area contributed by atoms with E-state index >= 15 is 0 Å². The largest absolute Gasteiger partial charge is 0.262 e. The van der Waals surface area contributed by atoms with E-state index in [1.807, 2.05) is 13.0 Å². The Hall–Kier alpha value is -3.77. The Bertz CT molecular complexity index is 1730. The van der Waals surface area contributed by atoms with Crippen molar-refractivity contribution in [1.29, 1.82) is 0 Å². The average molecular weight is 507 g/mol. The van der Waals surface area contributed by atoms with Crippen LogP contribution in [-0.2, 0) is 6.42 Å². The van der Waals surface area contributed by atoms with E-state index in [1.165, 1.54) is 11.1 Å². The van der Waals surface area contributed by atoms with Gasteiger partial charge in [-0.25, -0.2) is 19.9 Å². The minimum absolute atomic E-state index is 0.0142. The first-order valence-corrected chi connectivity index (χ1v) is 12.8. The molecule has 0 bridgehead atoms. The van der Waals surface area contributed by atoms with E-state index in [2.05, 4.69) is 74.1 Å². The number of hydrogen-bond donors (Lipinski definition) is 0. The molecule has 0 saturated heterocycles. The predicted molar refractivity (Wildman–Crippen MR) is 151 cm³/mol. The van der Waals surface area contributed by atoms with Crippen LogP contribution >= 0.6 is 11.6 Å². The molecule has 2 unspecified atom stereocenters. The number of aryl methyl sites for hydroxylation is 3. The minimum atomic E-state index is -0.242. The van der Waals surface area contributed by atoms with Crippen LogP contribution in [0.1, 0.15) is 48.0 Å². The second-order valence-electron chi connectivity index (χ2n) is 9.97. The van der Waals surface area contributed by atoms with Gasteiger partial charge in [0.05, 0.1) is 11.6 Å². The zero-order valence-electron chi connectivity index (χ0n) is 21.5. The van der Waals surface area contributed by atoms with Crippen molar-refractivity contribution in [1.82, 2.24) is 19.9 Å². The number of pyridine rings is 4. The molecule has 4 aromatic rings. The van der Waals surface area contributed by atoms with Gasteiger partial charge < -0.3 is 0 Å². The smallest absolute Gasteiger partial charge is 0.165 e. The van der Waals surface area contributed by atoms with Crippen LogP contribution in [0, 0.1) is 20.8 Å². The Morgan fingerprint density at radius 3 is 2.30 bits per heavy atom. The van der Waals surface area contributed by atoms with Crippen molar-refractivity contribution < 1.29 is 0 Å². The highest BCUT2D eigenvalue weighted by Crippen LogP contribution is 2.36. The zero-order chi connectivity index (χ0) is 25.8. The van der Waals surface area contributed by atoms with E-state index in [4.69, 9.17) is 31.6 Å². The molecule has 184 valence electrons. The fourth-order valence-electron chi connectivity index (χ4n) is 5.46. The Balaban J connectivity index is 1.31. The van der Waals surface area contributed by atoms with Crippen LogP contribution in [0.4, 0.5) is 0 Å². The summed E-state index contributed by atoms with van der Waals surface area (Å²) in [6.07, 6.45) is 4.60. The minimum Gasteiger partial charge on any atom is -0.262 e. The fraction of sp³-hybridized carbons (Fsp3) is 0.267. The Kier molecular flexibility index (Phi) is 5.72. The highest BCUT2D eigenvalue weighted by Gasteiger charge is 2.30. The normalized spacial score (nSPS) is 19.3. The van der Waals surface area contributed by atoms with E-state index in [1.54, 1.807) is 6.07 Å². The van der Waals surface area contributed by atoms with Crippen LogP contribution in [0.15, 0.2) is 69.7 Å². The summed E-state index contributed by atoms with van der Waals surface area (Å²) in [5.41, 5.74) is 11.0. The summed E-state index contributed by atoms with van der Waals surface area (Å²) in [5.74, 6) is 0.0142. The Labute approximate surface area is 221 Å². The molecule has 6 nitrogen and oxygen atoms in total. The molecule has 0 fully saturated rings. The molecule has 0 aromatic carbocycles. The molecule has 0 aliphatic carbocycles. The van der Waals surface area contributed by atoms with Crippen molar-refractivity contribution in [2.24, 2.45) is 9.98 Å². The van der Waals surface area contributed by atoms with Gasteiger partial charge in [0.15, 0.2) is 17.5 Å². The van der Waals surface area contributed by atoms with Gasteiger partial charge in [0.2, 0.25) is 0 Å². The summed E-state index contributed by atoms with van der Waals surface area (Å²) < 4.78 is 0. The molecule has 0 N–H and O–H groups in total. The molecule has 0 spiro atoms. The number of rotatable bonds is 3. The lowest BCUT2D eigenvalue weighted by atomic mass is 9.84. The van der Waals surface area contributed by atoms with Crippen LogP contribution in [0.5, 0.6) is 0 Å². The van der Waals surface area contributed by atoms with Gasteiger partial charge in [-0.2, -0.15) is 0 Å². The van der Waals surface area contributed by atoms with Crippen LogP contribution in [0.2, 0.25) is 5.15 Å². The molecule has 6 rings (SSSR count). The molecule has 0 saturated carbocycles. The first kappa shape index (κ1) is 23.6. The number of hydrogen-bond acceptors (Lipinski definition) is 6. The molecule has 2 aliphatic rings. The van der Waals surface area contributed by atoms with Crippen molar-refractivity contribution in [3.8, 4) is 0 Å². The molecular weight excluding hydrogens is 480 g/mol. The van der Waals surface area contributed by atoms with Crippen molar-refractivity contribution in [3.05, 3.63) is 93.1 Å². The molecule has 2 aliphatic heterocycles. The third-order valence-corrected chi connectivity index (χ3v) is 7.45. The van der Waals surface area contributed by atoms with E-state index in [0.717, 1.165) is 56.1 Å². The van der Waals surface area contributed by atoms with Crippen LogP contribution in [0.3, 0.4) is 0 Å². The van der Waals surface area contributed by atoms with Gasteiger partial charge in [-0.15, -0.1) is 0 Å². The van der Waals surface area contributed by atoms with Crippen LogP contribution in [0.25, 0.3) is 22.1 Å². The van der Waals surface area contributed by atoms with Gasteiger partial charge in [-0.05, 0) is 93.8 Å². The van der Waals surface area contributed by atoms with E-state index < -0.39 is 0 Å². The second-order valence-corrected chi connectivity index (χ2v) is 10.4. The number of aliphatic imine (C=N–C) groups is 2. The number of dihydropyridines is 2. The van der Waals surface area contributed by atoms with Crippen molar-refractivity contribution in [2.45, 2.75) is 53.1 Å². The second kappa shape index (κ2) is 8.96. The summed E-state index contributed by atoms with van der Waals surface area (Å²) >= 11 is 6.10. The molecule has 6 heterocycles. The highest BCUT2D eigenvalue weighted by atomic mass is 35.5. The molecule has 4 aromatic heterocycles. The summed E-state index contributed by atoms with van der Waals surface area (Å²) in [4.78, 5) is 28.8. The molecule has 0 radical (unpaired) electrons. The van der Waals surface area contributed by atoms with Gasteiger partial charge in [0.1, 0.15) is 5.15 Å². The van der Waals surface area contributed by atoms with E-state index in [-0.39, 0.29) is 12.1 Å². The van der Waals surface area contributed by atoms with Gasteiger partial charge >= 0.3 is 0 Å². The third kappa shape index (κ3) is 4.25. The van der Waals surface area contributed by atoms with Gasteiger partial charge in [-0.1, -0.05) is 23.3 Å².